The number of fused-ring (bicyclic) bond motifs is 1. The number of alkyl halides is 1. The zero-order valence-electron chi connectivity index (χ0n) is 18.3. The number of amides is 1. The zero-order chi connectivity index (χ0) is 23.8. The number of carbonyl (C=O) groups excluding carboxylic acids is 3. The van der Waals surface area contributed by atoms with Gasteiger partial charge < -0.3 is 14.6 Å². The van der Waals surface area contributed by atoms with Crippen LogP contribution in [-0.4, -0.2) is 40.5 Å². The molecule has 0 spiro atoms. The van der Waals surface area contributed by atoms with Crippen LogP contribution in [0.1, 0.15) is 41.0 Å². The van der Waals surface area contributed by atoms with Gasteiger partial charge in [-0.05, 0) is 44.4 Å². The molecular formula is C22H28ClFN2O5. The minimum Gasteiger partial charge on any atom is -0.460 e. The summed E-state index contributed by atoms with van der Waals surface area (Å²) < 4.78 is 19.1. The van der Waals surface area contributed by atoms with Crippen molar-refractivity contribution in [3.8, 4) is 0 Å². The molecule has 170 valence electrons. The first-order chi connectivity index (χ1) is 14.5. The summed E-state index contributed by atoms with van der Waals surface area (Å²) in [5, 5.41) is 3.67. The predicted octanol–water partition coefficient (Wildman–Crippen LogP) is 3.44. The average Bonchev–Trinajstić information content (AvgIpc) is 2.69. The molecule has 1 heterocycles. The first-order valence-electron chi connectivity index (χ1n) is 9.89. The van der Waals surface area contributed by atoms with Gasteiger partial charge in [0.25, 0.3) is 5.56 Å². The molecule has 2 rings (SSSR count). The lowest BCUT2D eigenvalue weighted by Gasteiger charge is -2.22. The molecule has 9 heteroatoms. The van der Waals surface area contributed by atoms with E-state index in [1.807, 2.05) is 13.8 Å². The topological polar surface area (TPSA) is 94.5 Å². The molecule has 1 atom stereocenters. The molecule has 1 aromatic heterocycles. The molecule has 7 nitrogen and oxygen atoms in total. The van der Waals surface area contributed by atoms with E-state index in [1.165, 1.54) is 12.3 Å². The van der Waals surface area contributed by atoms with Crippen LogP contribution in [0.15, 0.2) is 35.3 Å². The number of rotatable bonds is 7. The SMILES string of the molecule is CC.CC(C)(C)OC(=O)CC(NC(=O)Cn1ccc2ccc(Cl)cc2c1=O)C(=O)CF. The van der Waals surface area contributed by atoms with E-state index in [4.69, 9.17) is 16.3 Å². The van der Waals surface area contributed by atoms with E-state index in [-0.39, 0.29) is 0 Å². The fourth-order valence-corrected chi connectivity index (χ4v) is 2.83. The number of ketones is 1. The Hall–Kier alpha value is -2.74. The molecule has 1 aromatic carbocycles. The first kappa shape index (κ1) is 26.3. The van der Waals surface area contributed by atoms with Gasteiger partial charge in [0.05, 0.1) is 6.42 Å². The molecule has 0 aliphatic heterocycles. The lowest BCUT2D eigenvalue weighted by Crippen LogP contribution is -2.45. The van der Waals surface area contributed by atoms with E-state index in [0.29, 0.717) is 15.8 Å². The quantitative estimate of drug-likeness (QED) is 0.647. The molecule has 0 aliphatic rings. The Balaban J connectivity index is 0.00000233. The molecular weight excluding hydrogens is 427 g/mol. The van der Waals surface area contributed by atoms with Crippen molar-refractivity contribution in [1.82, 2.24) is 9.88 Å². The third-order valence-electron chi connectivity index (χ3n) is 3.90. The highest BCUT2D eigenvalue weighted by molar-refractivity contribution is 6.31. The smallest absolute Gasteiger partial charge is 0.308 e. The van der Waals surface area contributed by atoms with Crippen molar-refractivity contribution >= 4 is 40.0 Å². The second kappa shape index (κ2) is 11.6. The minimum atomic E-state index is -1.38. The second-order valence-corrected chi connectivity index (χ2v) is 7.93. The Morgan fingerprint density at radius 2 is 1.84 bits per heavy atom. The van der Waals surface area contributed by atoms with Gasteiger partial charge in [0.2, 0.25) is 5.91 Å². The normalized spacial score (nSPS) is 11.8. The highest BCUT2D eigenvalue weighted by Crippen LogP contribution is 2.16. The van der Waals surface area contributed by atoms with Crippen LogP contribution in [0.5, 0.6) is 0 Å². The second-order valence-electron chi connectivity index (χ2n) is 7.49. The predicted molar refractivity (Wildman–Crippen MR) is 118 cm³/mol. The van der Waals surface area contributed by atoms with Gasteiger partial charge in [-0.25, -0.2) is 4.39 Å². The zero-order valence-corrected chi connectivity index (χ0v) is 19.1. The average molecular weight is 455 g/mol. The molecule has 0 bridgehead atoms. The van der Waals surface area contributed by atoms with Gasteiger partial charge >= 0.3 is 5.97 Å². The van der Waals surface area contributed by atoms with E-state index in [9.17, 15) is 23.6 Å². The maximum Gasteiger partial charge on any atom is 0.308 e. The number of hydrogen-bond acceptors (Lipinski definition) is 5. The monoisotopic (exact) mass is 454 g/mol. The Bertz CT molecular complexity index is 998. The van der Waals surface area contributed by atoms with Gasteiger partial charge in [-0.1, -0.05) is 31.5 Å². The van der Waals surface area contributed by atoms with Crippen LogP contribution in [0.2, 0.25) is 5.02 Å². The summed E-state index contributed by atoms with van der Waals surface area (Å²) in [5.74, 6) is -2.42. The molecule has 0 saturated carbocycles. The van der Waals surface area contributed by atoms with Gasteiger partial charge in [0.1, 0.15) is 24.9 Å². The number of nitrogens with one attached hydrogen (secondary N) is 1. The Morgan fingerprint density at radius 1 is 1.19 bits per heavy atom. The number of benzene rings is 1. The molecule has 0 aliphatic carbocycles. The summed E-state index contributed by atoms with van der Waals surface area (Å²) in [7, 11) is 0. The summed E-state index contributed by atoms with van der Waals surface area (Å²) in [6.07, 6.45) is 0.923. The summed E-state index contributed by atoms with van der Waals surface area (Å²) in [6.45, 7) is 7.18. The molecule has 31 heavy (non-hydrogen) atoms. The van der Waals surface area contributed by atoms with Crippen LogP contribution in [0.25, 0.3) is 10.8 Å². The van der Waals surface area contributed by atoms with Crippen LogP contribution < -0.4 is 10.9 Å². The molecule has 1 amide bonds. The van der Waals surface area contributed by atoms with E-state index in [1.54, 1.807) is 39.0 Å². The Labute approximate surface area is 185 Å². The van der Waals surface area contributed by atoms with Crippen molar-refractivity contribution in [2.24, 2.45) is 0 Å². The number of esters is 1. The first-order valence-corrected chi connectivity index (χ1v) is 10.3. The highest BCUT2D eigenvalue weighted by atomic mass is 35.5. The summed E-state index contributed by atoms with van der Waals surface area (Å²) >= 11 is 5.92. The van der Waals surface area contributed by atoms with Gasteiger partial charge in [-0.15, -0.1) is 0 Å². The van der Waals surface area contributed by atoms with Crippen molar-refractivity contribution in [2.45, 2.75) is 59.2 Å². The standard InChI is InChI=1S/C20H22ClFN2O5.C2H6/c1-20(2,3)29-18(27)9-15(16(25)10-22)23-17(26)11-24-7-6-12-4-5-13(21)8-14(12)19(24)28;1-2/h4-8,15H,9-11H2,1-3H3,(H,23,26);1-2H3. The Kier molecular flexibility index (Phi) is 9.84. The maximum absolute atomic E-state index is 12.9. The number of aromatic nitrogens is 1. The summed E-state index contributed by atoms with van der Waals surface area (Å²) in [6, 6.07) is 5.08. The highest BCUT2D eigenvalue weighted by Gasteiger charge is 2.27. The fourth-order valence-electron chi connectivity index (χ4n) is 2.66. The van der Waals surface area contributed by atoms with E-state index < -0.39 is 54.5 Å². The van der Waals surface area contributed by atoms with Crippen LogP contribution in [-0.2, 0) is 25.7 Å². The van der Waals surface area contributed by atoms with Gasteiger partial charge in [0, 0.05) is 16.6 Å². The van der Waals surface area contributed by atoms with Gasteiger partial charge in [0.15, 0.2) is 5.78 Å². The van der Waals surface area contributed by atoms with Gasteiger partial charge in [-0.3, -0.25) is 19.2 Å². The lowest BCUT2D eigenvalue weighted by molar-refractivity contribution is -0.156. The summed E-state index contributed by atoms with van der Waals surface area (Å²) in [5.41, 5.74) is -1.23. The van der Waals surface area contributed by atoms with Crippen LogP contribution in [0, 0.1) is 0 Å². The number of carbonyl (C=O) groups is 3. The van der Waals surface area contributed by atoms with Crippen LogP contribution >= 0.6 is 11.6 Å². The van der Waals surface area contributed by atoms with E-state index in [0.717, 1.165) is 4.57 Å². The molecule has 0 fully saturated rings. The minimum absolute atomic E-state index is 0.331. The van der Waals surface area contributed by atoms with Crippen LogP contribution in [0.3, 0.4) is 0 Å². The third kappa shape index (κ3) is 8.13. The largest absolute Gasteiger partial charge is 0.460 e. The number of halogens is 2. The lowest BCUT2D eigenvalue weighted by atomic mass is 10.1. The molecule has 2 aromatic rings. The van der Waals surface area contributed by atoms with Crippen molar-refractivity contribution in [1.29, 1.82) is 0 Å². The van der Waals surface area contributed by atoms with Crippen LogP contribution in [0.4, 0.5) is 4.39 Å². The summed E-state index contributed by atoms with van der Waals surface area (Å²) in [4.78, 5) is 48.6. The maximum atomic E-state index is 12.9. The molecule has 1 N–H and O–H groups in total. The van der Waals surface area contributed by atoms with E-state index >= 15 is 0 Å². The van der Waals surface area contributed by atoms with Crippen molar-refractivity contribution < 1.29 is 23.5 Å². The number of ether oxygens (including phenoxy) is 1. The number of nitrogens with zero attached hydrogens (tertiary/aromatic N) is 1. The molecule has 0 saturated heterocycles. The van der Waals surface area contributed by atoms with E-state index in [2.05, 4.69) is 5.32 Å². The molecule has 1 unspecified atom stereocenters. The number of Topliss-reactive ketones (excluding diaryl/α,β-unsaturated/α-hetero) is 1. The fraction of sp³-hybridized carbons (Fsp3) is 0.455. The number of hydrogen-bond donors (Lipinski definition) is 1. The van der Waals surface area contributed by atoms with Gasteiger partial charge in [-0.2, -0.15) is 0 Å². The van der Waals surface area contributed by atoms with Crippen molar-refractivity contribution in [3.05, 3.63) is 45.8 Å². The molecule has 0 radical (unpaired) electrons. The van der Waals surface area contributed by atoms with Crippen molar-refractivity contribution in [2.75, 3.05) is 6.67 Å². The Morgan fingerprint density at radius 3 is 2.42 bits per heavy atom. The third-order valence-corrected chi connectivity index (χ3v) is 4.14. The number of pyridine rings is 1. The van der Waals surface area contributed by atoms with Crippen molar-refractivity contribution in [3.63, 3.8) is 0 Å².